The molecule has 0 heterocycles. The Bertz CT molecular complexity index is 631. The van der Waals surface area contributed by atoms with Crippen LogP contribution in [0, 0.1) is 0 Å². The number of hydrogen-bond donors (Lipinski definition) is 2. The van der Waals surface area contributed by atoms with E-state index in [2.05, 4.69) is 5.32 Å². The molecule has 2 aromatic rings. The highest BCUT2D eigenvalue weighted by Gasteiger charge is 2.14. The van der Waals surface area contributed by atoms with E-state index in [-0.39, 0.29) is 0 Å². The highest BCUT2D eigenvalue weighted by molar-refractivity contribution is 7.98. The Hall–Kier alpha value is -1.65. The van der Waals surface area contributed by atoms with Crippen LogP contribution in [-0.2, 0) is 6.54 Å². The van der Waals surface area contributed by atoms with Crippen LogP contribution in [0.1, 0.15) is 15.9 Å². The van der Waals surface area contributed by atoms with E-state index in [1.165, 1.54) is 11.8 Å². The molecule has 0 spiro atoms. The zero-order valence-corrected chi connectivity index (χ0v) is 12.5. The van der Waals surface area contributed by atoms with E-state index in [1.807, 2.05) is 36.6 Å². The van der Waals surface area contributed by atoms with Crippen molar-refractivity contribution in [1.29, 1.82) is 0 Å². The number of halogens is 1. The van der Waals surface area contributed by atoms with Crippen molar-refractivity contribution >= 4 is 35.0 Å². The normalized spacial score (nSPS) is 10.3. The molecule has 0 unspecified atom stereocenters. The minimum absolute atomic E-state index is 0.298. The van der Waals surface area contributed by atoms with Gasteiger partial charge in [0.05, 0.1) is 11.3 Å². The largest absolute Gasteiger partial charge is 0.478 e. The van der Waals surface area contributed by atoms with Crippen LogP contribution in [0.2, 0.25) is 5.02 Å². The van der Waals surface area contributed by atoms with E-state index < -0.39 is 5.97 Å². The first-order valence-electron chi connectivity index (χ1n) is 6.01. The fraction of sp³-hybridized carbons (Fsp3) is 0.133. The van der Waals surface area contributed by atoms with Crippen LogP contribution < -0.4 is 5.32 Å². The minimum Gasteiger partial charge on any atom is -0.478 e. The van der Waals surface area contributed by atoms with E-state index >= 15 is 0 Å². The van der Waals surface area contributed by atoms with Crippen molar-refractivity contribution in [1.82, 2.24) is 0 Å². The summed E-state index contributed by atoms with van der Waals surface area (Å²) in [6.07, 6.45) is 1.86. The molecule has 5 heteroatoms. The molecular formula is C15H14ClNO2S. The molecule has 2 N–H and O–H groups in total. The Balaban J connectivity index is 2.26. The summed E-state index contributed by atoms with van der Waals surface area (Å²) in [5.41, 5.74) is 1.83. The topological polar surface area (TPSA) is 49.3 Å². The Morgan fingerprint density at radius 3 is 2.65 bits per heavy atom. The summed E-state index contributed by atoms with van der Waals surface area (Å²) in [6.45, 7) is 0.484. The minimum atomic E-state index is -0.934. The molecule has 20 heavy (non-hydrogen) atoms. The summed E-state index contributed by atoms with van der Waals surface area (Å²) < 4.78 is 0. The highest BCUT2D eigenvalue weighted by atomic mass is 35.5. The predicted octanol–water partition coefficient (Wildman–Crippen LogP) is 4.37. The van der Waals surface area contributed by atoms with Gasteiger partial charge in [-0.15, -0.1) is 11.8 Å². The van der Waals surface area contributed by atoms with Gasteiger partial charge in [-0.25, -0.2) is 4.79 Å². The van der Waals surface area contributed by atoms with Gasteiger partial charge in [0.15, 0.2) is 0 Å². The van der Waals surface area contributed by atoms with Crippen molar-refractivity contribution in [2.75, 3.05) is 11.6 Å². The molecule has 0 radical (unpaired) electrons. The van der Waals surface area contributed by atoms with Crippen molar-refractivity contribution in [2.45, 2.75) is 11.4 Å². The molecule has 0 bridgehead atoms. The molecule has 3 nitrogen and oxygen atoms in total. The predicted molar refractivity (Wildman–Crippen MR) is 84.0 cm³/mol. The molecule has 0 atom stereocenters. The third-order valence-corrected chi connectivity index (χ3v) is 4.04. The van der Waals surface area contributed by atoms with Crippen molar-refractivity contribution < 1.29 is 9.90 Å². The Morgan fingerprint density at radius 1 is 1.25 bits per heavy atom. The smallest absolute Gasteiger partial charge is 0.338 e. The number of carboxylic acid groups (broad SMARTS) is 1. The van der Waals surface area contributed by atoms with Crippen LogP contribution >= 0.6 is 23.4 Å². The van der Waals surface area contributed by atoms with E-state index in [4.69, 9.17) is 11.6 Å². The summed E-state index contributed by atoms with van der Waals surface area (Å²) in [4.78, 5) is 12.1. The molecule has 2 rings (SSSR count). The number of hydrogen-bond acceptors (Lipinski definition) is 3. The maximum absolute atomic E-state index is 11.4. The van der Waals surface area contributed by atoms with Crippen LogP contribution in [0.5, 0.6) is 0 Å². The van der Waals surface area contributed by atoms with Gasteiger partial charge in [-0.3, -0.25) is 0 Å². The first kappa shape index (κ1) is 14.8. The lowest BCUT2D eigenvalue weighted by molar-refractivity contribution is 0.0694. The third kappa shape index (κ3) is 3.26. The van der Waals surface area contributed by atoms with Crippen molar-refractivity contribution in [3.05, 3.63) is 58.6 Å². The number of nitrogens with one attached hydrogen (secondary N) is 1. The van der Waals surface area contributed by atoms with Crippen LogP contribution in [0.25, 0.3) is 0 Å². The number of thioether (sulfide) groups is 1. The lowest BCUT2D eigenvalue weighted by Crippen LogP contribution is -2.08. The third-order valence-electron chi connectivity index (χ3n) is 2.89. The van der Waals surface area contributed by atoms with E-state index in [1.54, 1.807) is 12.1 Å². The van der Waals surface area contributed by atoms with Gasteiger partial charge in [0.25, 0.3) is 0 Å². The molecular weight excluding hydrogens is 294 g/mol. The lowest BCUT2D eigenvalue weighted by Gasteiger charge is -2.13. The van der Waals surface area contributed by atoms with Gasteiger partial charge in [0, 0.05) is 16.5 Å². The van der Waals surface area contributed by atoms with Gasteiger partial charge in [0.1, 0.15) is 0 Å². The summed E-state index contributed by atoms with van der Waals surface area (Å²) in [5.74, 6) is -0.934. The molecule has 2 aromatic carbocycles. The average molecular weight is 308 g/mol. The van der Waals surface area contributed by atoms with Crippen LogP contribution in [-0.4, -0.2) is 17.3 Å². The average Bonchev–Trinajstić information content (AvgIpc) is 2.45. The zero-order chi connectivity index (χ0) is 14.5. The number of anilines is 1. The van der Waals surface area contributed by atoms with Crippen LogP contribution in [0.4, 0.5) is 5.69 Å². The van der Waals surface area contributed by atoms with E-state index in [0.717, 1.165) is 10.5 Å². The van der Waals surface area contributed by atoms with E-state index in [0.29, 0.717) is 22.8 Å². The van der Waals surface area contributed by atoms with E-state index in [9.17, 15) is 9.90 Å². The zero-order valence-electron chi connectivity index (χ0n) is 10.9. The fourth-order valence-corrected chi connectivity index (χ4v) is 2.72. The molecule has 0 aliphatic rings. The Kier molecular flexibility index (Phi) is 4.93. The van der Waals surface area contributed by atoms with Gasteiger partial charge in [-0.05, 0) is 30.0 Å². The lowest BCUT2D eigenvalue weighted by atomic mass is 10.1. The van der Waals surface area contributed by atoms with Crippen molar-refractivity contribution in [3.63, 3.8) is 0 Å². The van der Waals surface area contributed by atoms with Gasteiger partial charge in [-0.1, -0.05) is 35.9 Å². The van der Waals surface area contributed by atoms with Gasteiger partial charge in [0.2, 0.25) is 0 Å². The second kappa shape index (κ2) is 6.68. The number of carbonyl (C=O) groups is 1. The van der Waals surface area contributed by atoms with Gasteiger partial charge < -0.3 is 10.4 Å². The van der Waals surface area contributed by atoms with Crippen molar-refractivity contribution in [3.8, 4) is 0 Å². The second-order valence-corrected chi connectivity index (χ2v) is 5.39. The maximum atomic E-state index is 11.4. The second-order valence-electron chi connectivity index (χ2n) is 4.13. The number of benzene rings is 2. The molecule has 0 aromatic heterocycles. The number of aromatic carboxylic acids is 1. The Morgan fingerprint density at radius 2 is 2.00 bits per heavy atom. The SMILES string of the molecule is CSc1cccc(NCc2ccccc2Cl)c1C(=O)O. The molecule has 0 fully saturated rings. The van der Waals surface area contributed by atoms with Gasteiger partial charge >= 0.3 is 5.97 Å². The summed E-state index contributed by atoms with van der Waals surface area (Å²) in [5, 5.41) is 13.2. The fourth-order valence-electron chi connectivity index (χ4n) is 1.90. The molecule has 0 saturated heterocycles. The standard InChI is InChI=1S/C15H14ClNO2S/c1-20-13-8-4-7-12(14(13)15(18)19)17-9-10-5-2-3-6-11(10)16/h2-8,17H,9H2,1H3,(H,18,19). The molecule has 104 valence electrons. The first-order chi connectivity index (χ1) is 9.63. The van der Waals surface area contributed by atoms with Crippen molar-refractivity contribution in [2.24, 2.45) is 0 Å². The number of carboxylic acids is 1. The summed E-state index contributed by atoms with van der Waals surface area (Å²) in [7, 11) is 0. The quantitative estimate of drug-likeness (QED) is 0.805. The van der Waals surface area contributed by atoms with Gasteiger partial charge in [-0.2, -0.15) is 0 Å². The Labute approximate surface area is 127 Å². The monoisotopic (exact) mass is 307 g/mol. The maximum Gasteiger partial charge on any atom is 0.338 e. The molecule has 0 aliphatic carbocycles. The van der Waals surface area contributed by atoms with Crippen LogP contribution in [0.15, 0.2) is 47.4 Å². The first-order valence-corrected chi connectivity index (χ1v) is 7.61. The molecule has 0 amide bonds. The summed E-state index contributed by atoms with van der Waals surface area (Å²) in [6, 6.07) is 12.9. The molecule has 0 saturated carbocycles. The number of rotatable bonds is 5. The highest BCUT2D eigenvalue weighted by Crippen LogP contribution is 2.28. The summed E-state index contributed by atoms with van der Waals surface area (Å²) >= 11 is 7.51. The molecule has 0 aliphatic heterocycles. The van der Waals surface area contributed by atoms with Crippen LogP contribution in [0.3, 0.4) is 0 Å².